The SMILES string of the molecule is COc1c(Cl)ccc2cccnc12. The Balaban J connectivity index is 2.84. The van der Waals surface area contributed by atoms with E-state index in [1.54, 1.807) is 13.3 Å². The number of hydrogen-bond acceptors (Lipinski definition) is 2. The van der Waals surface area contributed by atoms with Crippen molar-refractivity contribution in [2.75, 3.05) is 7.11 Å². The van der Waals surface area contributed by atoms with Gasteiger partial charge >= 0.3 is 0 Å². The van der Waals surface area contributed by atoms with Crippen molar-refractivity contribution in [3.8, 4) is 5.75 Å². The number of fused-ring (bicyclic) bond motifs is 1. The van der Waals surface area contributed by atoms with E-state index in [-0.39, 0.29) is 0 Å². The highest BCUT2D eigenvalue weighted by Gasteiger charge is 2.05. The first kappa shape index (κ1) is 8.32. The molecule has 13 heavy (non-hydrogen) atoms. The van der Waals surface area contributed by atoms with Gasteiger partial charge in [-0.2, -0.15) is 0 Å². The number of rotatable bonds is 1. The third kappa shape index (κ3) is 1.33. The lowest BCUT2D eigenvalue weighted by Crippen LogP contribution is -1.87. The van der Waals surface area contributed by atoms with Crippen molar-refractivity contribution in [3.63, 3.8) is 0 Å². The molecule has 0 radical (unpaired) electrons. The lowest BCUT2D eigenvalue weighted by atomic mass is 10.2. The van der Waals surface area contributed by atoms with Gasteiger partial charge in [-0.05, 0) is 12.1 Å². The fraction of sp³-hybridized carbons (Fsp3) is 0.100. The van der Waals surface area contributed by atoms with Crippen LogP contribution >= 0.6 is 11.6 Å². The Morgan fingerprint density at radius 1 is 1.31 bits per heavy atom. The summed E-state index contributed by atoms with van der Waals surface area (Å²) in [6.45, 7) is 0. The maximum Gasteiger partial charge on any atom is 0.163 e. The van der Waals surface area contributed by atoms with Gasteiger partial charge in [0.05, 0.1) is 12.1 Å². The molecule has 0 atom stereocenters. The summed E-state index contributed by atoms with van der Waals surface area (Å²) in [6, 6.07) is 7.59. The van der Waals surface area contributed by atoms with Gasteiger partial charge in [0.1, 0.15) is 5.52 Å². The Bertz CT molecular complexity index is 442. The first-order chi connectivity index (χ1) is 6.33. The molecule has 0 unspecified atom stereocenters. The smallest absolute Gasteiger partial charge is 0.163 e. The second-order valence-electron chi connectivity index (χ2n) is 2.66. The predicted molar refractivity (Wildman–Crippen MR) is 53.3 cm³/mol. The van der Waals surface area contributed by atoms with Crippen LogP contribution in [0, 0.1) is 0 Å². The minimum absolute atomic E-state index is 0.591. The van der Waals surface area contributed by atoms with Crippen LogP contribution in [-0.2, 0) is 0 Å². The fourth-order valence-corrected chi connectivity index (χ4v) is 1.52. The second kappa shape index (κ2) is 3.23. The summed E-state index contributed by atoms with van der Waals surface area (Å²) in [5.74, 6) is 0.639. The number of methoxy groups -OCH3 is 1. The van der Waals surface area contributed by atoms with Crippen molar-refractivity contribution in [2.24, 2.45) is 0 Å². The second-order valence-corrected chi connectivity index (χ2v) is 3.06. The van der Waals surface area contributed by atoms with E-state index in [4.69, 9.17) is 16.3 Å². The molecule has 0 aliphatic heterocycles. The zero-order valence-electron chi connectivity index (χ0n) is 7.12. The molecule has 2 nitrogen and oxygen atoms in total. The van der Waals surface area contributed by atoms with Crippen LogP contribution in [0.4, 0.5) is 0 Å². The molecular formula is C10H8ClNO. The average Bonchev–Trinajstić information content (AvgIpc) is 2.18. The van der Waals surface area contributed by atoms with E-state index in [0.29, 0.717) is 10.8 Å². The van der Waals surface area contributed by atoms with Gasteiger partial charge in [-0.3, -0.25) is 4.98 Å². The van der Waals surface area contributed by atoms with Gasteiger partial charge < -0.3 is 4.74 Å². The van der Waals surface area contributed by atoms with Gasteiger partial charge in [0.25, 0.3) is 0 Å². The number of halogens is 1. The molecule has 0 bridgehead atoms. The van der Waals surface area contributed by atoms with E-state index >= 15 is 0 Å². The standard InChI is InChI=1S/C10H8ClNO/c1-13-10-8(11)5-4-7-3-2-6-12-9(7)10/h2-6H,1H3. The Hall–Kier alpha value is -1.28. The maximum absolute atomic E-state index is 5.94. The van der Waals surface area contributed by atoms with Crippen LogP contribution in [0.3, 0.4) is 0 Å². The molecule has 2 rings (SSSR count). The molecule has 1 heterocycles. The predicted octanol–water partition coefficient (Wildman–Crippen LogP) is 2.90. The summed E-state index contributed by atoms with van der Waals surface area (Å²) in [5.41, 5.74) is 0.803. The summed E-state index contributed by atoms with van der Waals surface area (Å²) in [6.07, 6.45) is 1.72. The van der Waals surface area contributed by atoms with Gasteiger partial charge in [0, 0.05) is 11.6 Å². The highest BCUT2D eigenvalue weighted by atomic mass is 35.5. The van der Waals surface area contributed by atoms with E-state index in [9.17, 15) is 0 Å². The molecular weight excluding hydrogens is 186 g/mol. The lowest BCUT2D eigenvalue weighted by molar-refractivity contribution is 0.419. The molecule has 0 saturated carbocycles. The quantitative estimate of drug-likeness (QED) is 0.695. The molecule has 3 heteroatoms. The molecule has 0 aliphatic carbocycles. The van der Waals surface area contributed by atoms with Crippen LogP contribution < -0.4 is 4.74 Å². The fourth-order valence-electron chi connectivity index (χ4n) is 1.29. The van der Waals surface area contributed by atoms with Gasteiger partial charge in [-0.1, -0.05) is 23.7 Å². The molecule has 0 saturated heterocycles. The summed E-state index contributed by atoms with van der Waals surface area (Å²) in [4.78, 5) is 4.20. The van der Waals surface area contributed by atoms with Crippen LogP contribution in [0.2, 0.25) is 5.02 Å². The Kier molecular flexibility index (Phi) is 2.07. The molecule has 0 fully saturated rings. The van der Waals surface area contributed by atoms with Gasteiger partial charge in [0.15, 0.2) is 5.75 Å². The topological polar surface area (TPSA) is 22.1 Å². The summed E-state index contributed by atoms with van der Waals surface area (Å²) >= 11 is 5.94. The molecule has 0 spiro atoms. The Labute approximate surface area is 81.1 Å². The van der Waals surface area contributed by atoms with Crippen LogP contribution in [0.15, 0.2) is 30.5 Å². The van der Waals surface area contributed by atoms with Crippen LogP contribution in [0.1, 0.15) is 0 Å². The van der Waals surface area contributed by atoms with Crippen LogP contribution in [-0.4, -0.2) is 12.1 Å². The zero-order valence-corrected chi connectivity index (χ0v) is 7.88. The van der Waals surface area contributed by atoms with Crippen LogP contribution in [0.5, 0.6) is 5.75 Å². The number of ether oxygens (including phenoxy) is 1. The van der Waals surface area contributed by atoms with Crippen molar-refractivity contribution in [2.45, 2.75) is 0 Å². The normalized spacial score (nSPS) is 10.3. The van der Waals surface area contributed by atoms with Gasteiger partial charge in [0.2, 0.25) is 0 Å². The maximum atomic E-state index is 5.94. The molecule has 1 aromatic heterocycles. The van der Waals surface area contributed by atoms with Crippen molar-refractivity contribution in [3.05, 3.63) is 35.5 Å². The van der Waals surface area contributed by atoms with E-state index in [0.717, 1.165) is 10.9 Å². The minimum Gasteiger partial charge on any atom is -0.493 e. The number of benzene rings is 1. The summed E-state index contributed by atoms with van der Waals surface area (Å²) < 4.78 is 5.16. The van der Waals surface area contributed by atoms with E-state index < -0.39 is 0 Å². The average molecular weight is 194 g/mol. The molecule has 0 N–H and O–H groups in total. The van der Waals surface area contributed by atoms with Crippen LogP contribution in [0.25, 0.3) is 10.9 Å². The minimum atomic E-state index is 0.591. The Morgan fingerprint density at radius 3 is 2.92 bits per heavy atom. The first-order valence-electron chi connectivity index (χ1n) is 3.90. The summed E-state index contributed by atoms with van der Waals surface area (Å²) in [5, 5.41) is 1.62. The Morgan fingerprint density at radius 2 is 2.15 bits per heavy atom. The summed E-state index contributed by atoms with van der Waals surface area (Å²) in [7, 11) is 1.59. The lowest BCUT2D eigenvalue weighted by Gasteiger charge is -2.05. The number of nitrogens with zero attached hydrogens (tertiary/aromatic N) is 1. The molecule has 66 valence electrons. The highest BCUT2D eigenvalue weighted by molar-refractivity contribution is 6.33. The van der Waals surface area contributed by atoms with E-state index in [1.165, 1.54) is 0 Å². The third-order valence-electron chi connectivity index (χ3n) is 1.88. The third-order valence-corrected chi connectivity index (χ3v) is 2.18. The number of aromatic nitrogens is 1. The number of pyridine rings is 1. The molecule has 2 aromatic rings. The van der Waals surface area contributed by atoms with E-state index in [1.807, 2.05) is 24.3 Å². The van der Waals surface area contributed by atoms with Crippen molar-refractivity contribution in [1.29, 1.82) is 0 Å². The number of hydrogen-bond donors (Lipinski definition) is 0. The largest absolute Gasteiger partial charge is 0.493 e. The highest BCUT2D eigenvalue weighted by Crippen LogP contribution is 2.31. The molecule has 0 aliphatic rings. The van der Waals surface area contributed by atoms with Gasteiger partial charge in [-0.25, -0.2) is 0 Å². The van der Waals surface area contributed by atoms with E-state index in [2.05, 4.69) is 4.98 Å². The molecule has 0 amide bonds. The van der Waals surface area contributed by atoms with Crippen molar-refractivity contribution in [1.82, 2.24) is 4.98 Å². The van der Waals surface area contributed by atoms with Crippen molar-refractivity contribution >= 4 is 22.5 Å². The monoisotopic (exact) mass is 193 g/mol. The molecule has 1 aromatic carbocycles. The zero-order chi connectivity index (χ0) is 9.26. The van der Waals surface area contributed by atoms with Crippen molar-refractivity contribution < 1.29 is 4.74 Å². The van der Waals surface area contributed by atoms with Gasteiger partial charge in [-0.15, -0.1) is 0 Å². The first-order valence-corrected chi connectivity index (χ1v) is 4.28.